The molecule has 0 aliphatic carbocycles. The van der Waals surface area contributed by atoms with E-state index in [2.05, 4.69) is 60.0 Å². The van der Waals surface area contributed by atoms with Gasteiger partial charge in [0.05, 0.1) is 17.3 Å². The standard InChI is InChI=1S/C22H34FN7S/c1-13(2)8-17-9-18(23)20(21(24)27-28-25)19(10-17)29-6-7-30(14(3)12-29)16(5)22-26-11-15(4)31-22/h9-11,13-14,16,28H,6-8,12,25H2,1-5H3,(H2,24,27)/t14-,16?/m0/s1. The van der Waals surface area contributed by atoms with Crippen LogP contribution in [0.1, 0.15) is 54.7 Å². The second-order valence-corrected chi connectivity index (χ2v) is 9.98. The summed E-state index contributed by atoms with van der Waals surface area (Å²) in [6.45, 7) is 13.1. The highest BCUT2D eigenvalue weighted by molar-refractivity contribution is 7.11. The number of hydrogen-bond acceptors (Lipinski definition) is 7. The Bertz CT molecular complexity index is 927. The van der Waals surface area contributed by atoms with Gasteiger partial charge in [-0.3, -0.25) is 4.90 Å². The van der Waals surface area contributed by atoms with Gasteiger partial charge in [0.2, 0.25) is 0 Å². The van der Waals surface area contributed by atoms with E-state index in [0.717, 1.165) is 42.3 Å². The van der Waals surface area contributed by atoms with E-state index in [4.69, 9.17) is 11.6 Å². The quantitative estimate of drug-likeness (QED) is 0.261. The van der Waals surface area contributed by atoms with Crippen molar-refractivity contribution in [2.75, 3.05) is 24.5 Å². The Balaban J connectivity index is 1.89. The summed E-state index contributed by atoms with van der Waals surface area (Å²) >= 11 is 1.74. The maximum absolute atomic E-state index is 15.1. The van der Waals surface area contributed by atoms with Gasteiger partial charge in [0.15, 0.2) is 5.84 Å². The first-order chi connectivity index (χ1) is 14.7. The van der Waals surface area contributed by atoms with Crippen LogP contribution in [-0.2, 0) is 6.42 Å². The Morgan fingerprint density at radius 2 is 2.10 bits per heavy atom. The van der Waals surface area contributed by atoms with Crippen LogP contribution in [0.5, 0.6) is 0 Å². The van der Waals surface area contributed by atoms with Crippen LogP contribution in [0.3, 0.4) is 0 Å². The molecule has 9 heteroatoms. The molecule has 2 aromatic rings. The van der Waals surface area contributed by atoms with Crippen molar-refractivity contribution >= 4 is 22.9 Å². The number of benzene rings is 1. The molecule has 1 saturated heterocycles. The van der Waals surface area contributed by atoms with Gasteiger partial charge in [0, 0.05) is 36.8 Å². The Morgan fingerprint density at radius 1 is 1.35 bits per heavy atom. The minimum Gasteiger partial charge on any atom is -0.382 e. The first-order valence-electron chi connectivity index (χ1n) is 10.8. The number of halogens is 1. The molecular weight excluding hydrogens is 413 g/mol. The van der Waals surface area contributed by atoms with Crippen molar-refractivity contribution in [3.63, 3.8) is 0 Å². The van der Waals surface area contributed by atoms with Crippen LogP contribution < -0.4 is 22.0 Å². The number of hydrazone groups is 1. The number of anilines is 1. The van der Waals surface area contributed by atoms with Crippen molar-refractivity contribution in [2.45, 2.75) is 53.1 Å². The summed E-state index contributed by atoms with van der Waals surface area (Å²) in [6.07, 6.45) is 2.73. The lowest BCUT2D eigenvalue weighted by Crippen LogP contribution is -2.53. The number of thiazole rings is 1. The summed E-state index contributed by atoms with van der Waals surface area (Å²) in [4.78, 5) is 10.5. The lowest BCUT2D eigenvalue weighted by atomic mass is 9.98. The van der Waals surface area contributed by atoms with Crippen LogP contribution in [0.15, 0.2) is 23.4 Å². The third-order valence-electron chi connectivity index (χ3n) is 5.73. The molecule has 0 spiro atoms. The molecule has 1 aromatic carbocycles. The lowest BCUT2D eigenvalue weighted by molar-refractivity contribution is 0.138. The maximum atomic E-state index is 15.1. The molecule has 1 aromatic heterocycles. The molecule has 1 aliphatic rings. The van der Waals surface area contributed by atoms with Gasteiger partial charge in [0.25, 0.3) is 0 Å². The fraction of sp³-hybridized carbons (Fsp3) is 0.545. The summed E-state index contributed by atoms with van der Waals surface area (Å²) in [5.74, 6) is 5.41. The van der Waals surface area contributed by atoms with Crippen LogP contribution >= 0.6 is 11.3 Å². The zero-order valence-corrected chi connectivity index (χ0v) is 19.8. The van der Waals surface area contributed by atoms with E-state index in [-0.39, 0.29) is 23.7 Å². The van der Waals surface area contributed by atoms with Crippen molar-refractivity contribution in [1.29, 1.82) is 0 Å². The molecule has 0 radical (unpaired) electrons. The van der Waals surface area contributed by atoms with Crippen LogP contribution in [-0.4, -0.2) is 41.4 Å². The third-order valence-corrected chi connectivity index (χ3v) is 6.81. The number of aryl methyl sites for hydroxylation is 1. The third kappa shape index (κ3) is 5.34. The minimum atomic E-state index is -0.369. The molecule has 1 unspecified atom stereocenters. The Morgan fingerprint density at radius 3 is 2.68 bits per heavy atom. The SMILES string of the molecule is Cc1cnc(C(C)N2CCN(c3cc(CC(C)C)cc(F)c3/C(N)=N/NN)C[C@@H]2C)s1. The van der Waals surface area contributed by atoms with Crippen molar-refractivity contribution < 1.29 is 4.39 Å². The number of nitrogens with two attached hydrogens (primary N) is 2. The summed E-state index contributed by atoms with van der Waals surface area (Å²) in [7, 11) is 0. The minimum absolute atomic E-state index is 0.0489. The Labute approximate surface area is 188 Å². The zero-order valence-electron chi connectivity index (χ0n) is 19.0. The largest absolute Gasteiger partial charge is 0.382 e. The van der Waals surface area contributed by atoms with Gasteiger partial charge in [0.1, 0.15) is 10.8 Å². The number of hydrogen-bond donors (Lipinski definition) is 3. The molecular formula is C22H34FN7S. The molecule has 1 fully saturated rings. The van der Waals surface area contributed by atoms with Crippen LogP contribution in [0.2, 0.25) is 0 Å². The molecule has 31 heavy (non-hydrogen) atoms. The van der Waals surface area contributed by atoms with Gasteiger partial charge >= 0.3 is 0 Å². The molecule has 5 N–H and O–H groups in total. The van der Waals surface area contributed by atoms with E-state index in [1.165, 1.54) is 4.88 Å². The topological polar surface area (TPSA) is 95.8 Å². The van der Waals surface area contributed by atoms with E-state index < -0.39 is 0 Å². The summed E-state index contributed by atoms with van der Waals surface area (Å²) in [5, 5.41) is 4.98. The van der Waals surface area contributed by atoms with Crippen molar-refractivity contribution in [3.05, 3.63) is 45.2 Å². The van der Waals surface area contributed by atoms with Crippen molar-refractivity contribution in [2.24, 2.45) is 22.6 Å². The van der Waals surface area contributed by atoms with Crippen LogP contribution in [0.4, 0.5) is 10.1 Å². The molecule has 2 heterocycles. The van der Waals surface area contributed by atoms with Crippen molar-refractivity contribution in [1.82, 2.24) is 15.4 Å². The number of piperazine rings is 1. The molecule has 0 bridgehead atoms. The summed E-state index contributed by atoms with van der Waals surface area (Å²) in [6, 6.07) is 4.12. The predicted octanol–water partition coefficient (Wildman–Crippen LogP) is 3.14. The smallest absolute Gasteiger partial charge is 0.157 e. The number of rotatable bonds is 7. The summed E-state index contributed by atoms with van der Waals surface area (Å²) < 4.78 is 15.1. The number of nitrogens with zero attached hydrogens (tertiary/aromatic N) is 4. The van der Waals surface area contributed by atoms with E-state index in [1.54, 1.807) is 17.4 Å². The average molecular weight is 448 g/mol. The monoisotopic (exact) mass is 447 g/mol. The Hall–Kier alpha value is -2.23. The first kappa shape index (κ1) is 23.4. The highest BCUT2D eigenvalue weighted by atomic mass is 32.1. The van der Waals surface area contributed by atoms with Gasteiger partial charge < -0.3 is 10.6 Å². The fourth-order valence-corrected chi connectivity index (χ4v) is 5.18. The molecule has 2 atom stereocenters. The molecule has 3 rings (SSSR count). The van der Waals surface area contributed by atoms with E-state index in [9.17, 15) is 0 Å². The summed E-state index contributed by atoms with van der Waals surface area (Å²) in [5.41, 5.74) is 10.3. The second kappa shape index (κ2) is 9.93. The van der Waals surface area contributed by atoms with E-state index >= 15 is 4.39 Å². The fourth-order valence-electron chi connectivity index (χ4n) is 4.34. The highest BCUT2D eigenvalue weighted by Crippen LogP contribution is 2.32. The van der Waals surface area contributed by atoms with E-state index in [1.807, 2.05) is 12.3 Å². The van der Waals surface area contributed by atoms with Gasteiger partial charge in [-0.25, -0.2) is 20.8 Å². The second-order valence-electron chi connectivity index (χ2n) is 8.71. The first-order valence-corrected chi connectivity index (χ1v) is 11.6. The predicted molar refractivity (Wildman–Crippen MR) is 127 cm³/mol. The number of aromatic nitrogens is 1. The maximum Gasteiger partial charge on any atom is 0.157 e. The van der Waals surface area contributed by atoms with Gasteiger partial charge in [-0.2, -0.15) is 0 Å². The normalized spacial score (nSPS) is 19.2. The number of amidine groups is 1. The zero-order chi connectivity index (χ0) is 22.7. The van der Waals surface area contributed by atoms with Gasteiger partial charge in [-0.15, -0.1) is 16.4 Å². The molecule has 170 valence electrons. The molecule has 7 nitrogen and oxygen atoms in total. The molecule has 0 saturated carbocycles. The van der Waals surface area contributed by atoms with Crippen molar-refractivity contribution in [3.8, 4) is 0 Å². The average Bonchev–Trinajstić information content (AvgIpc) is 3.13. The molecule has 1 aliphatic heterocycles. The number of nitrogens with one attached hydrogen (secondary N) is 1. The molecule has 0 amide bonds. The Kier molecular flexibility index (Phi) is 7.51. The lowest BCUT2D eigenvalue weighted by Gasteiger charge is -2.44. The van der Waals surface area contributed by atoms with E-state index in [0.29, 0.717) is 11.5 Å². The number of hydrazine groups is 1. The van der Waals surface area contributed by atoms with Crippen LogP contribution in [0, 0.1) is 18.7 Å². The highest BCUT2D eigenvalue weighted by Gasteiger charge is 2.31. The van der Waals surface area contributed by atoms with Crippen LogP contribution in [0.25, 0.3) is 0 Å². The van der Waals surface area contributed by atoms with Gasteiger partial charge in [-0.05, 0) is 50.8 Å². The van der Waals surface area contributed by atoms with Gasteiger partial charge in [-0.1, -0.05) is 13.8 Å².